The Bertz CT molecular complexity index is 708. The number of benzene rings is 1. The van der Waals surface area contributed by atoms with Crippen LogP contribution in [0, 0.1) is 5.92 Å². The monoisotopic (exact) mass is 329 g/mol. The Labute approximate surface area is 141 Å². The number of rotatable bonds is 3. The normalized spacial score (nSPS) is 21.4. The van der Waals surface area contributed by atoms with Gasteiger partial charge in [-0.15, -0.1) is 11.8 Å². The summed E-state index contributed by atoms with van der Waals surface area (Å²) in [6.07, 6.45) is 9.13. The van der Waals surface area contributed by atoms with Gasteiger partial charge >= 0.3 is 0 Å². The third kappa shape index (κ3) is 2.70. The van der Waals surface area contributed by atoms with Gasteiger partial charge in [0.15, 0.2) is 0 Å². The fourth-order valence-corrected chi connectivity index (χ4v) is 4.30. The first-order chi connectivity index (χ1) is 11.2. The fraction of sp³-hybridized carbons (Fsp3) is 0.556. The summed E-state index contributed by atoms with van der Waals surface area (Å²) in [5.74, 6) is 1.54. The molecule has 0 unspecified atom stereocenters. The number of hydrogen-bond donors (Lipinski definition) is 1. The second kappa shape index (κ2) is 5.95. The van der Waals surface area contributed by atoms with Crippen molar-refractivity contribution in [1.82, 2.24) is 9.97 Å². The smallest absolute Gasteiger partial charge is 0.139 e. The molecule has 2 heterocycles. The standard InChI is InChI=1S/C18H23N3OS/c1-23-14-5-6-16-15(11-14)17(20-12-19-16)21-9-7-18(22,8-10-21)13-3-2-4-13/h5-6,11-13,22H,2-4,7-10H2,1H3. The maximum Gasteiger partial charge on any atom is 0.139 e. The SMILES string of the molecule is CSc1ccc2ncnc(N3CCC(O)(C4CCC4)CC3)c2c1. The number of anilines is 1. The third-order valence-electron chi connectivity index (χ3n) is 5.62. The predicted octanol–water partition coefficient (Wildman–Crippen LogP) is 3.48. The molecule has 1 aromatic carbocycles. The molecule has 1 aromatic heterocycles. The molecular weight excluding hydrogens is 306 g/mol. The molecule has 4 nitrogen and oxygen atoms in total. The number of thioether (sulfide) groups is 1. The topological polar surface area (TPSA) is 49.2 Å². The van der Waals surface area contributed by atoms with Gasteiger partial charge in [0.05, 0.1) is 11.1 Å². The number of piperidine rings is 1. The molecule has 1 aliphatic carbocycles. The molecule has 23 heavy (non-hydrogen) atoms. The number of nitrogens with zero attached hydrogens (tertiary/aromatic N) is 3. The Morgan fingerprint density at radius 3 is 2.65 bits per heavy atom. The average molecular weight is 329 g/mol. The molecule has 1 aliphatic heterocycles. The fourth-order valence-electron chi connectivity index (χ4n) is 3.86. The van der Waals surface area contributed by atoms with Crippen LogP contribution in [0.15, 0.2) is 29.4 Å². The highest BCUT2D eigenvalue weighted by Crippen LogP contribution is 2.42. The zero-order chi connectivity index (χ0) is 15.9. The lowest BCUT2D eigenvalue weighted by Crippen LogP contribution is -2.51. The van der Waals surface area contributed by atoms with E-state index in [-0.39, 0.29) is 0 Å². The van der Waals surface area contributed by atoms with Crippen LogP contribution in [-0.2, 0) is 0 Å². The quantitative estimate of drug-likeness (QED) is 0.874. The van der Waals surface area contributed by atoms with Gasteiger partial charge in [-0.25, -0.2) is 9.97 Å². The van der Waals surface area contributed by atoms with Crippen molar-refractivity contribution in [3.8, 4) is 0 Å². The summed E-state index contributed by atoms with van der Waals surface area (Å²) in [6, 6.07) is 6.36. The lowest BCUT2D eigenvalue weighted by Gasteiger charge is -2.46. The van der Waals surface area contributed by atoms with E-state index >= 15 is 0 Å². The molecule has 122 valence electrons. The van der Waals surface area contributed by atoms with Crippen molar-refractivity contribution in [1.29, 1.82) is 0 Å². The maximum atomic E-state index is 10.9. The molecule has 0 bridgehead atoms. The zero-order valence-electron chi connectivity index (χ0n) is 13.5. The van der Waals surface area contributed by atoms with Gasteiger partial charge in [-0.3, -0.25) is 0 Å². The molecule has 2 aliphatic rings. The highest BCUT2D eigenvalue weighted by Gasteiger charge is 2.42. The van der Waals surface area contributed by atoms with E-state index in [1.54, 1.807) is 18.1 Å². The average Bonchev–Trinajstić information content (AvgIpc) is 2.53. The Balaban J connectivity index is 1.60. The molecule has 2 aromatic rings. The number of hydrogen-bond acceptors (Lipinski definition) is 5. The van der Waals surface area contributed by atoms with Crippen LogP contribution in [0.5, 0.6) is 0 Å². The van der Waals surface area contributed by atoms with Gasteiger partial charge in [0.25, 0.3) is 0 Å². The van der Waals surface area contributed by atoms with Crippen molar-refractivity contribution in [3.63, 3.8) is 0 Å². The lowest BCUT2D eigenvalue weighted by atomic mass is 9.69. The Hall–Kier alpha value is -1.33. The summed E-state index contributed by atoms with van der Waals surface area (Å²) in [6.45, 7) is 1.76. The molecule has 4 rings (SSSR count). The van der Waals surface area contributed by atoms with Gasteiger partial charge in [-0.2, -0.15) is 0 Å². The van der Waals surface area contributed by atoms with E-state index in [0.29, 0.717) is 5.92 Å². The van der Waals surface area contributed by atoms with Gasteiger partial charge in [0.1, 0.15) is 12.1 Å². The summed E-state index contributed by atoms with van der Waals surface area (Å²) in [7, 11) is 0. The Morgan fingerprint density at radius 2 is 2.00 bits per heavy atom. The highest BCUT2D eigenvalue weighted by atomic mass is 32.2. The van der Waals surface area contributed by atoms with Gasteiger partial charge in [0, 0.05) is 23.4 Å². The van der Waals surface area contributed by atoms with Crippen molar-refractivity contribution in [2.24, 2.45) is 5.92 Å². The van der Waals surface area contributed by atoms with Crippen LogP contribution in [0.25, 0.3) is 10.9 Å². The molecule has 5 heteroatoms. The molecule has 1 N–H and O–H groups in total. The second-order valence-electron chi connectivity index (χ2n) is 6.80. The molecule has 0 atom stereocenters. The molecule has 1 saturated carbocycles. The summed E-state index contributed by atoms with van der Waals surface area (Å²) >= 11 is 1.74. The summed E-state index contributed by atoms with van der Waals surface area (Å²) in [5, 5.41) is 12.0. The minimum atomic E-state index is -0.442. The molecule has 1 saturated heterocycles. The van der Waals surface area contributed by atoms with Crippen LogP contribution in [0.2, 0.25) is 0 Å². The first-order valence-electron chi connectivity index (χ1n) is 8.46. The molecule has 0 spiro atoms. The van der Waals surface area contributed by atoms with Gasteiger partial charge in [-0.1, -0.05) is 6.42 Å². The van der Waals surface area contributed by atoms with E-state index in [2.05, 4.69) is 39.3 Å². The van der Waals surface area contributed by atoms with Crippen LogP contribution in [0.3, 0.4) is 0 Å². The van der Waals surface area contributed by atoms with Crippen LogP contribution in [0.1, 0.15) is 32.1 Å². The minimum absolute atomic E-state index is 0.442. The number of aromatic nitrogens is 2. The lowest BCUT2D eigenvalue weighted by molar-refractivity contribution is -0.0676. The van der Waals surface area contributed by atoms with Gasteiger partial charge < -0.3 is 10.0 Å². The van der Waals surface area contributed by atoms with E-state index in [0.717, 1.165) is 42.7 Å². The zero-order valence-corrected chi connectivity index (χ0v) is 14.4. The molecule has 0 amide bonds. The van der Waals surface area contributed by atoms with Crippen molar-refractivity contribution in [3.05, 3.63) is 24.5 Å². The van der Waals surface area contributed by atoms with Crippen LogP contribution < -0.4 is 4.90 Å². The maximum absolute atomic E-state index is 10.9. The highest BCUT2D eigenvalue weighted by molar-refractivity contribution is 7.98. The van der Waals surface area contributed by atoms with Crippen LogP contribution in [-0.4, -0.2) is 40.0 Å². The molecule has 2 fully saturated rings. The number of fused-ring (bicyclic) bond motifs is 1. The summed E-state index contributed by atoms with van der Waals surface area (Å²) in [4.78, 5) is 12.5. The first kappa shape index (κ1) is 15.2. The van der Waals surface area contributed by atoms with E-state index in [1.807, 2.05) is 0 Å². The van der Waals surface area contributed by atoms with Crippen LogP contribution in [0.4, 0.5) is 5.82 Å². The van der Waals surface area contributed by atoms with E-state index in [4.69, 9.17) is 0 Å². The predicted molar refractivity (Wildman–Crippen MR) is 95.1 cm³/mol. The first-order valence-corrected chi connectivity index (χ1v) is 9.68. The van der Waals surface area contributed by atoms with E-state index in [9.17, 15) is 5.11 Å². The number of aliphatic hydroxyl groups is 1. The van der Waals surface area contributed by atoms with Crippen LogP contribution >= 0.6 is 11.8 Å². The van der Waals surface area contributed by atoms with Crippen molar-refractivity contribution in [2.75, 3.05) is 24.2 Å². The van der Waals surface area contributed by atoms with Crippen molar-refractivity contribution < 1.29 is 5.11 Å². The van der Waals surface area contributed by atoms with Crippen molar-refractivity contribution >= 4 is 28.5 Å². The largest absolute Gasteiger partial charge is 0.389 e. The molecular formula is C18H23N3OS. The van der Waals surface area contributed by atoms with Gasteiger partial charge in [-0.05, 0) is 56.1 Å². The summed E-state index contributed by atoms with van der Waals surface area (Å²) in [5.41, 5.74) is 0.551. The van der Waals surface area contributed by atoms with E-state index in [1.165, 1.54) is 24.2 Å². The Kier molecular flexibility index (Phi) is 3.93. The van der Waals surface area contributed by atoms with Crippen molar-refractivity contribution in [2.45, 2.75) is 42.6 Å². The molecule has 0 radical (unpaired) electrons. The third-order valence-corrected chi connectivity index (χ3v) is 6.34. The Morgan fingerprint density at radius 1 is 1.22 bits per heavy atom. The second-order valence-corrected chi connectivity index (χ2v) is 7.68. The summed E-state index contributed by atoms with van der Waals surface area (Å²) < 4.78 is 0. The van der Waals surface area contributed by atoms with E-state index < -0.39 is 5.60 Å². The minimum Gasteiger partial charge on any atom is -0.389 e. The van der Waals surface area contributed by atoms with Gasteiger partial charge in [0.2, 0.25) is 0 Å².